The number of hydrogen-bond donors (Lipinski definition) is 0. The van der Waals surface area contributed by atoms with Crippen molar-refractivity contribution in [2.75, 3.05) is 31.6 Å². The number of carbonyl (C=O) groups is 1. The highest BCUT2D eigenvalue weighted by Crippen LogP contribution is 2.36. The molecule has 0 aromatic heterocycles. The van der Waals surface area contributed by atoms with Gasteiger partial charge in [0, 0.05) is 31.7 Å². The minimum Gasteiger partial charge on any atom is -0.469 e. The molecule has 0 bridgehead atoms. The summed E-state index contributed by atoms with van der Waals surface area (Å²) in [7, 11) is -2.45. The maximum atomic E-state index is 12.9. The van der Waals surface area contributed by atoms with Gasteiger partial charge in [-0.25, -0.2) is 8.42 Å². The Kier molecular flexibility index (Phi) is 6.74. The molecule has 0 radical (unpaired) electrons. The summed E-state index contributed by atoms with van der Waals surface area (Å²) in [5.74, 6) is -0.367. The number of rotatable bonds is 6. The maximum Gasteiger partial charge on any atom is 0.307 e. The monoisotopic (exact) mass is 425 g/mol. The number of esters is 1. The number of carbonyl (C=O) groups excluding carboxylic acids is 1. The van der Waals surface area contributed by atoms with Crippen LogP contribution in [0.15, 0.2) is 23.1 Å². The third-order valence-corrected chi connectivity index (χ3v) is 7.56. The van der Waals surface area contributed by atoms with Gasteiger partial charge in [0.25, 0.3) is 5.69 Å². The summed E-state index contributed by atoms with van der Waals surface area (Å²) < 4.78 is 32.0. The second-order valence-corrected chi connectivity index (χ2v) is 9.43. The van der Waals surface area contributed by atoms with E-state index in [4.69, 9.17) is 4.74 Å². The first-order valence-corrected chi connectivity index (χ1v) is 11.4. The van der Waals surface area contributed by atoms with Gasteiger partial charge in [0.05, 0.1) is 23.3 Å². The van der Waals surface area contributed by atoms with Crippen LogP contribution < -0.4 is 4.90 Å². The summed E-state index contributed by atoms with van der Waals surface area (Å²) in [6.07, 6.45) is 5.21. The Labute approximate surface area is 170 Å². The van der Waals surface area contributed by atoms with Gasteiger partial charge < -0.3 is 9.64 Å². The lowest BCUT2D eigenvalue weighted by molar-refractivity contribution is -0.384. The van der Waals surface area contributed by atoms with Crippen molar-refractivity contribution in [2.24, 2.45) is 0 Å². The first-order valence-electron chi connectivity index (χ1n) is 9.96. The average Bonchev–Trinajstić information content (AvgIpc) is 2.74. The Morgan fingerprint density at radius 3 is 2.52 bits per heavy atom. The van der Waals surface area contributed by atoms with Crippen LogP contribution in [-0.2, 0) is 19.6 Å². The van der Waals surface area contributed by atoms with Gasteiger partial charge in [-0.2, -0.15) is 4.31 Å². The highest BCUT2D eigenvalue weighted by atomic mass is 32.2. The molecule has 1 atom stereocenters. The Hall–Kier alpha value is -2.20. The van der Waals surface area contributed by atoms with Crippen LogP contribution in [0.4, 0.5) is 11.4 Å². The summed E-state index contributed by atoms with van der Waals surface area (Å²) in [6.45, 7) is 1.44. The normalized spacial score (nSPS) is 21.0. The minimum absolute atomic E-state index is 0.0589. The molecular formula is C19H27N3O6S. The van der Waals surface area contributed by atoms with E-state index in [1.165, 1.54) is 23.5 Å². The first kappa shape index (κ1) is 21.5. The zero-order valence-corrected chi connectivity index (χ0v) is 17.4. The van der Waals surface area contributed by atoms with Crippen LogP contribution in [0, 0.1) is 10.1 Å². The summed E-state index contributed by atoms with van der Waals surface area (Å²) in [5.41, 5.74) is 0.0982. The number of anilines is 1. The van der Waals surface area contributed by atoms with Gasteiger partial charge in [-0.1, -0.05) is 6.42 Å². The molecule has 29 heavy (non-hydrogen) atoms. The zero-order chi connectivity index (χ0) is 21.0. The number of nitro benzene ring substituents is 1. The van der Waals surface area contributed by atoms with Crippen molar-refractivity contribution in [3.8, 4) is 0 Å². The van der Waals surface area contributed by atoms with Gasteiger partial charge in [0.15, 0.2) is 0 Å². The Morgan fingerprint density at radius 1 is 1.17 bits per heavy atom. The highest BCUT2D eigenvalue weighted by Gasteiger charge is 2.33. The third kappa shape index (κ3) is 4.69. The number of hydrogen-bond acceptors (Lipinski definition) is 7. The standard InChI is InChI=1S/C19H27N3O6S/c1-28-19(23)13-15-7-3-6-12-21(15)17-9-8-16(14-18(17)22(24)25)29(26,27)20-10-4-2-5-11-20/h8-9,14-15H,2-7,10-13H2,1H3/t15-/m0/s1. The average molecular weight is 426 g/mol. The van der Waals surface area contributed by atoms with E-state index < -0.39 is 14.9 Å². The molecule has 1 aromatic rings. The number of methoxy groups -OCH3 is 1. The molecular weight excluding hydrogens is 398 g/mol. The minimum atomic E-state index is -3.77. The molecule has 160 valence electrons. The van der Waals surface area contributed by atoms with Crippen LogP contribution in [0.5, 0.6) is 0 Å². The van der Waals surface area contributed by atoms with E-state index in [-0.39, 0.29) is 29.0 Å². The number of ether oxygens (including phenoxy) is 1. The van der Waals surface area contributed by atoms with Crippen LogP contribution in [0.3, 0.4) is 0 Å². The molecule has 0 aliphatic carbocycles. The number of benzene rings is 1. The Morgan fingerprint density at radius 2 is 1.86 bits per heavy atom. The molecule has 9 nitrogen and oxygen atoms in total. The first-order chi connectivity index (χ1) is 13.8. The van der Waals surface area contributed by atoms with Crippen molar-refractivity contribution in [1.82, 2.24) is 4.31 Å². The fourth-order valence-corrected chi connectivity index (χ4v) is 5.65. The molecule has 2 heterocycles. The van der Waals surface area contributed by atoms with Gasteiger partial charge in [-0.3, -0.25) is 14.9 Å². The predicted molar refractivity (Wildman–Crippen MR) is 107 cm³/mol. The summed E-state index contributed by atoms with van der Waals surface area (Å²) in [6, 6.07) is 3.89. The molecule has 0 N–H and O–H groups in total. The van der Waals surface area contributed by atoms with Gasteiger partial charge in [-0.05, 0) is 44.2 Å². The highest BCUT2D eigenvalue weighted by molar-refractivity contribution is 7.89. The van der Waals surface area contributed by atoms with E-state index in [1.54, 1.807) is 0 Å². The van der Waals surface area contributed by atoms with Gasteiger partial charge >= 0.3 is 5.97 Å². The predicted octanol–water partition coefficient (Wildman–Crippen LogP) is 2.69. The zero-order valence-electron chi connectivity index (χ0n) is 16.6. The molecule has 0 saturated carbocycles. The van der Waals surface area contributed by atoms with Crippen LogP contribution in [0.2, 0.25) is 0 Å². The number of nitrogens with zero attached hydrogens (tertiary/aromatic N) is 3. The van der Waals surface area contributed by atoms with Crippen LogP contribution in [0.25, 0.3) is 0 Å². The molecule has 2 aliphatic rings. The second kappa shape index (κ2) is 9.08. The van der Waals surface area contributed by atoms with Crippen molar-refractivity contribution < 1.29 is 22.9 Å². The fourth-order valence-electron chi connectivity index (χ4n) is 4.11. The van der Waals surface area contributed by atoms with E-state index in [0.29, 0.717) is 25.3 Å². The third-order valence-electron chi connectivity index (χ3n) is 5.66. The summed E-state index contributed by atoms with van der Waals surface area (Å²) >= 11 is 0. The number of nitro groups is 1. The molecule has 0 spiro atoms. The van der Waals surface area contributed by atoms with E-state index in [1.807, 2.05) is 4.90 Å². The van der Waals surface area contributed by atoms with Crippen molar-refractivity contribution in [3.63, 3.8) is 0 Å². The van der Waals surface area contributed by atoms with Crippen LogP contribution in [-0.4, -0.2) is 56.4 Å². The Balaban J connectivity index is 1.95. The molecule has 10 heteroatoms. The van der Waals surface area contributed by atoms with E-state index in [0.717, 1.165) is 44.6 Å². The van der Waals surface area contributed by atoms with Gasteiger partial charge in [0.2, 0.25) is 10.0 Å². The lowest BCUT2D eigenvalue weighted by Crippen LogP contribution is -2.41. The maximum absolute atomic E-state index is 12.9. The second-order valence-electron chi connectivity index (χ2n) is 7.50. The summed E-state index contributed by atoms with van der Waals surface area (Å²) in [4.78, 5) is 24.8. The smallest absolute Gasteiger partial charge is 0.307 e. The van der Waals surface area contributed by atoms with Crippen molar-refractivity contribution in [1.29, 1.82) is 0 Å². The largest absolute Gasteiger partial charge is 0.469 e. The van der Waals surface area contributed by atoms with Gasteiger partial charge in [-0.15, -0.1) is 0 Å². The molecule has 2 saturated heterocycles. The van der Waals surface area contributed by atoms with Crippen molar-refractivity contribution in [2.45, 2.75) is 55.9 Å². The summed E-state index contributed by atoms with van der Waals surface area (Å²) in [5, 5.41) is 11.8. The molecule has 2 aliphatic heterocycles. The SMILES string of the molecule is COC(=O)C[C@@H]1CCCCN1c1ccc(S(=O)(=O)N2CCCCC2)cc1[N+](=O)[O-]. The lowest BCUT2D eigenvalue weighted by atomic mass is 9.98. The number of piperidine rings is 2. The molecule has 0 amide bonds. The van der Waals surface area contributed by atoms with Gasteiger partial charge in [0.1, 0.15) is 5.69 Å². The number of sulfonamides is 1. The topological polar surface area (TPSA) is 110 Å². The van der Waals surface area contributed by atoms with Crippen LogP contribution in [0.1, 0.15) is 44.9 Å². The van der Waals surface area contributed by atoms with Crippen molar-refractivity contribution in [3.05, 3.63) is 28.3 Å². The lowest BCUT2D eigenvalue weighted by Gasteiger charge is -2.36. The van der Waals surface area contributed by atoms with E-state index in [9.17, 15) is 23.3 Å². The van der Waals surface area contributed by atoms with E-state index in [2.05, 4.69) is 0 Å². The molecule has 2 fully saturated rings. The van der Waals surface area contributed by atoms with Crippen molar-refractivity contribution >= 4 is 27.4 Å². The fraction of sp³-hybridized carbons (Fsp3) is 0.632. The van der Waals surface area contributed by atoms with Crippen LogP contribution >= 0.6 is 0 Å². The molecule has 0 unspecified atom stereocenters. The molecule has 1 aromatic carbocycles. The molecule has 3 rings (SSSR count). The van der Waals surface area contributed by atoms with E-state index >= 15 is 0 Å². The Bertz CT molecular complexity index is 867. The quantitative estimate of drug-likeness (QED) is 0.391.